The van der Waals surface area contributed by atoms with E-state index < -0.39 is 0 Å². The van der Waals surface area contributed by atoms with E-state index in [1.807, 2.05) is 12.3 Å². The molecule has 2 rings (SSSR count). The van der Waals surface area contributed by atoms with Gasteiger partial charge in [0.2, 0.25) is 5.88 Å². The number of aliphatic hydroxyl groups excluding tert-OH is 1. The summed E-state index contributed by atoms with van der Waals surface area (Å²) in [5.41, 5.74) is 0. The van der Waals surface area contributed by atoms with Crippen LogP contribution in [0.15, 0.2) is 11.2 Å². The molecule has 1 N–H and O–H groups in total. The van der Waals surface area contributed by atoms with E-state index >= 15 is 0 Å². The van der Waals surface area contributed by atoms with E-state index in [0.717, 1.165) is 36.9 Å². The normalized spacial score (nSPS) is 19.9. The highest BCUT2D eigenvalue weighted by molar-refractivity contribution is 7.98. The van der Waals surface area contributed by atoms with Crippen LogP contribution in [0.4, 0.5) is 5.82 Å². The number of hydrogen-bond donors (Lipinski definition) is 1. The zero-order valence-electron chi connectivity index (χ0n) is 10.8. The monoisotopic (exact) mass is 269 g/mol. The van der Waals surface area contributed by atoms with Gasteiger partial charge in [-0.3, -0.25) is 0 Å². The first-order valence-electron chi connectivity index (χ1n) is 6.09. The van der Waals surface area contributed by atoms with Crippen LogP contribution in [0.5, 0.6) is 5.88 Å². The molecule has 18 heavy (non-hydrogen) atoms. The Balaban J connectivity index is 2.20. The van der Waals surface area contributed by atoms with E-state index in [4.69, 9.17) is 4.74 Å². The minimum atomic E-state index is 0.244. The summed E-state index contributed by atoms with van der Waals surface area (Å²) in [6.07, 6.45) is 4.13. The lowest BCUT2D eigenvalue weighted by atomic mass is 9.99. The van der Waals surface area contributed by atoms with Crippen LogP contribution in [0.25, 0.3) is 0 Å². The molecule has 0 amide bonds. The second-order valence-electron chi connectivity index (χ2n) is 4.39. The smallest absolute Gasteiger partial charge is 0.219 e. The molecule has 0 aliphatic carbocycles. The van der Waals surface area contributed by atoms with E-state index in [1.54, 1.807) is 7.11 Å². The van der Waals surface area contributed by atoms with Crippen molar-refractivity contribution < 1.29 is 9.84 Å². The largest absolute Gasteiger partial charge is 0.481 e. The molecule has 1 fully saturated rings. The Bertz CT molecular complexity index is 381. The molecule has 1 aromatic rings. The average molecular weight is 269 g/mol. The summed E-state index contributed by atoms with van der Waals surface area (Å²) in [4.78, 5) is 11.0. The van der Waals surface area contributed by atoms with Gasteiger partial charge in [-0.1, -0.05) is 11.8 Å². The maximum atomic E-state index is 9.27. The molecule has 0 unspecified atom stereocenters. The van der Waals surface area contributed by atoms with Gasteiger partial charge in [0.15, 0.2) is 5.16 Å². The summed E-state index contributed by atoms with van der Waals surface area (Å²) in [6, 6.07) is 1.86. The topological polar surface area (TPSA) is 58.5 Å². The van der Waals surface area contributed by atoms with E-state index in [9.17, 15) is 5.11 Å². The van der Waals surface area contributed by atoms with Crippen LogP contribution in [0.1, 0.15) is 12.8 Å². The third kappa shape index (κ3) is 3.05. The van der Waals surface area contributed by atoms with Crippen molar-refractivity contribution in [2.45, 2.75) is 18.0 Å². The third-order valence-corrected chi connectivity index (χ3v) is 3.71. The Hall–Kier alpha value is -1.01. The number of methoxy groups -OCH3 is 1. The SMILES string of the molecule is COc1cc(N2CCC[C@H](CO)C2)nc(SC)n1. The van der Waals surface area contributed by atoms with Gasteiger partial charge in [0, 0.05) is 25.8 Å². The standard InChI is InChI=1S/C12H19N3O2S/c1-17-11-6-10(13-12(14-11)18-2)15-5-3-4-9(7-15)8-16/h6,9,16H,3-5,7-8H2,1-2H3/t9-/m0/s1. The van der Waals surface area contributed by atoms with Gasteiger partial charge < -0.3 is 14.7 Å². The van der Waals surface area contributed by atoms with E-state index in [-0.39, 0.29) is 6.61 Å². The quantitative estimate of drug-likeness (QED) is 0.659. The summed E-state index contributed by atoms with van der Waals surface area (Å²) in [5.74, 6) is 1.83. The van der Waals surface area contributed by atoms with Crippen molar-refractivity contribution in [3.63, 3.8) is 0 Å². The van der Waals surface area contributed by atoms with Crippen LogP contribution in [-0.4, -0.2) is 48.1 Å². The third-order valence-electron chi connectivity index (χ3n) is 3.16. The van der Waals surface area contributed by atoms with Crippen LogP contribution < -0.4 is 9.64 Å². The molecule has 6 heteroatoms. The fourth-order valence-electron chi connectivity index (χ4n) is 2.17. The van der Waals surface area contributed by atoms with Crippen LogP contribution >= 0.6 is 11.8 Å². The molecule has 5 nitrogen and oxygen atoms in total. The molecule has 2 heterocycles. The fourth-order valence-corrected chi connectivity index (χ4v) is 2.54. The summed E-state index contributed by atoms with van der Waals surface area (Å²) in [7, 11) is 1.61. The molecule has 0 saturated carbocycles. The van der Waals surface area contributed by atoms with Gasteiger partial charge in [0.25, 0.3) is 0 Å². The van der Waals surface area contributed by atoms with Gasteiger partial charge in [0.05, 0.1) is 7.11 Å². The second-order valence-corrected chi connectivity index (χ2v) is 5.17. The summed E-state index contributed by atoms with van der Waals surface area (Å²) in [6.45, 7) is 2.07. The molecule has 1 aromatic heterocycles. The number of hydrogen-bond acceptors (Lipinski definition) is 6. The van der Waals surface area contributed by atoms with Crippen LogP contribution in [0.2, 0.25) is 0 Å². The van der Waals surface area contributed by atoms with Crippen molar-refractivity contribution in [3.8, 4) is 5.88 Å². The Kier molecular flexibility index (Phi) is 4.66. The highest BCUT2D eigenvalue weighted by Gasteiger charge is 2.21. The first-order valence-corrected chi connectivity index (χ1v) is 7.32. The first kappa shape index (κ1) is 13.4. The van der Waals surface area contributed by atoms with E-state index in [0.29, 0.717) is 11.8 Å². The van der Waals surface area contributed by atoms with Crippen molar-refractivity contribution in [2.24, 2.45) is 5.92 Å². The van der Waals surface area contributed by atoms with E-state index in [2.05, 4.69) is 14.9 Å². The minimum Gasteiger partial charge on any atom is -0.481 e. The summed E-state index contributed by atoms with van der Waals surface area (Å²) >= 11 is 1.50. The Labute approximate surface area is 112 Å². The molecule has 0 radical (unpaired) electrons. The van der Waals surface area contributed by atoms with Gasteiger partial charge in [0.1, 0.15) is 5.82 Å². The maximum absolute atomic E-state index is 9.27. The van der Waals surface area contributed by atoms with Crippen molar-refractivity contribution in [2.75, 3.05) is 38.0 Å². The fraction of sp³-hybridized carbons (Fsp3) is 0.667. The predicted molar refractivity (Wildman–Crippen MR) is 72.4 cm³/mol. The predicted octanol–water partition coefficient (Wildman–Crippen LogP) is 1.42. The molecule has 100 valence electrons. The highest BCUT2D eigenvalue weighted by atomic mass is 32.2. The van der Waals surface area contributed by atoms with Gasteiger partial charge in [-0.05, 0) is 25.0 Å². The number of anilines is 1. The molecule has 0 bridgehead atoms. The number of piperidine rings is 1. The van der Waals surface area contributed by atoms with Crippen LogP contribution in [-0.2, 0) is 0 Å². The number of aromatic nitrogens is 2. The maximum Gasteiger partial charge on any atom is 0.219 e. The highest BCUT2D eigenvalue weighted by Crippen LogP contribution is 2.25. The van der Waals surface area contributed by atoms with Crippen molar-refractivity contribution in [3.05, 3.63) is 6.07 Å². The Morgan fingerprint density at radius 3 is 3.06 bits per heavy atom. The molecule has 1 aliphatic rings. The molecule has 1 aliphatic heterocycles. The number of nitrogens with zero attached hydrogens (tertiary/aromatic N) is 3. The molecule has 0 spiro atoms. The van der Waals surface area contributed by atoms with Gasteiger partial charge in [-0.2, -0.15) is 4.98 Å². The Morgan fingerprint density at radius 2 is 2.39 bits per heavy atom. The number of thioether (sulfide) groups is 1. The molecular weight excluding hydrogens is 250 g/mol. The van der Waals surface area contributed by atoms with Crippen molar-refractivity contribution in [1.29, 1.82) is 0 Å². The number of ether oxygens (including phenoxy) is 1. The van der Waals surface area contributed by atoms with Crippen molar-refractivity contribution >= 4 is 17.6 Å². The molecule has 1 atom stereocenters. The molecule has 0 aromatic carbocycles. The van der Waals surface area contributed by atoms with Crippen LogP contribution in [0, 0.1) is 5.92 Å². The van der Waals surface area contributed by atoms with E-state index in [1.165, 1.54) is 11.8 Å². The molecular formula is C12H19N3O2S. The zero-order valence-corrected chi connectivity index (χ0v) is 11.6. The molecule has 1 saturated heterocycles. The van der Waals surface area contributed by atoms with Crippen LogP contribution in [0.3, 0.4) is 0 Å². The van der Waals surface area contributed by atoms with Gasteiger partial charge >= 0.3 is 0 Å². The van der Waals surface area contributed by atoms with Gasteiger partial charge in [-0.15, -0.1) is 0 Å². The number of rotatable bonds is 4. The number of aliphatic hydroxyl groups is 1. The van der Waals surface area contributed by atoms with Crippen molar-refractivity contribution in [1.82, 2.24) is 9.97 Å². The first-order chi connectivity index (χ1) is 8.76. The minimum absolute atomic E-state index is 0.244. The second kappa shape index (κ2) is 6.24. The summed E-state index contributed by atoms with van der Waals surface area (Å²) < 4.78 is 5.20. The summed E-state index contributed by atoms with van der Waals surface area (Å²) in [5, 5.41) is 9.99. The lowest BCUT2D eigenvalue weighted by molar-refractivity contribution is 0.208. The Morgan fingerprint density at radius 1 is 1.56 bits per heavy atom. The lowest BCUT2D eigenvalue weighted by Crippen LogP contribution is -2.37. The zero-order chi connectivity index (χ0) is 13.0. The van der Waals surface area contributed by atoms with Gasteiger partial charge in [-0.25, -0.2) is 4.98 Å². The lowest BCUT2D eigenvalue weighted by Gasteiger charge is -2.32. The average Bonchev–Trinajstić information content (AvgIpc) is 2.46.